The van der Waals surface area contributed by atoms with Gasteiger partial charge in [0.25, 0.3) is 5.91 Å². The Hall–Kier alpha value is -2.46. The van der Waals surface area contributed by atoms with Crippen molar-refractivity contribution in [2.24, 2.45) is 5.92 Å². The maximum atomic E-state index is 12.8. The maximum absolute atomic E-state index is 12.8. The van der Waals surface area contributed by atoms with Gasteiger partial charge in [-0.25, -0.2) is 0 Å². The molecule has 1 saturated heterocycles. The minimum Gasteiger partial charge on any atom is -0.338 e. The van der Waals surface area contributed by atoms with Crippen molar-refractivity contribution in [1.82, 2.24) is 4.90 Å². The van der Waals surface area contributed by atoms with Crippen molar-refractivity contribution in [3.63, 3.8) is 0 Å². The van der Waals surface area contributed by atoms with Crippen molar-refractivity contribution in [3.8, 4) is 0 Å². The summed E-state index contributed by atoms with van der Waals surface area (Å²) in [5, 5.41) is 1.12. The lowest BCUT2D eigenvalue weighted by molar-refractivity contribution is 0.0654. The number of thiophene rings is 1. The van der Waals surface area contributed by atoms with Crippen molar-refractivity contribution in [2.75, 3.05) is 13.1 Å². The third kappa shape index (κ3) is 3.22. The molecular weight excluding hydrogens is 330 g/mol. The molecule has 4 rings (SSSR count). The van der Waals surface area contributed by atoms with Crippen molar-refractivity contribution in [1.29, 1.82) is 0 Å². The Morgan fingerprint density at radius 3 is 2.32 bits per heavy atom. The van der Waals surface area contributed by atoms with E-state index in [2.05, 4.69) is 0 Å². The molecule has 0 saturated carbocycles. The number of carbonyl (C=O) groups is 2. The quantitative estimate of drug-likeness (QED) is 0.646. The van der Waals surface area contributed by atoms with E-state index in [1.165, 1.54) is 0 Å². The average Bonchev–Trinajstić information content (AvgIpc) is 3.12. The van der Waals surface area contributed by atoms with Crippen LogP contribution in [0.1, 0.15) is 32.9 Å². The van der Waals surface area contributed by atoms with Crippen LogP contribution in [0.15, 0.2) is 60.7 Å². The van der Waals surface area contributed by atoms with E-state index in [9.17, 15) is 9.59 Å². The Kier molecular flexibility index (Phi) is 4.36. The van der Waals surface area contributed by atoms with Gasteiger partial charge in [-0.05, 0) is 30.4 Å². The third-order valence-electron chi connectivity index (χ3n) is 4.85. The molecule has 126 valence electrons. The van der Waals surface area contributed by atoms with Gasteiger partial charge in [0.15, 0.2) is 5.78 Å². The van der Waals surface area contributed by atoms with Crippen LogP contribution in [0.2, 0.25) is 0 Å². The van der Waals surface area contributed by atoms with E-state index in [0.717, 1.165) is 33.4 Å². The fourth-order valence-electron chi connectivity index (χ4n) is 3.43. The fraction of sp³-hybridized carbons (Fsp3) is 0.238. The second-order valence-corrected chi connectivity index (χ2v) is 7.53. The Labute approximate surface area is 150 Å². The number of hydrogen-bond acceptors (Lipinski definition) is 3. The highest BCUT2D eigenvalue weighted by molar-refractivity contribution is 7.20. The van der Waals surface area contributed by atoms with Crippen LogP contribution in [-0.4, -0.2) is 29.7 Å². The zero-order chi connectivity index (χ0) is 17.2. The fourth-order valence-corrected chi connectivity index (χ4v) is 4.46. The van der Waals surface area contributed by atoms with Gasteiger partial charge in [-0.15, -0.1) is 11.3 Å². The van der Waals surface area contributed by atoms with Gasteiger partial charge in [0, 0.05) is 29.3 Å². The predicted octanol–water partition coefficient (Wildman–Crippen LogP) is 4.64. The minimum absolute atomic E-state index is 0.0221. The molecule has 1 aliphatic heterocycles. The lowest BCUT2D eigenvalue weighted by Crippen LogP contribution is -2.40. The Balaban J connectivity index is 1.43. The highest BCUT2D eigenvalue weighted by Crippen LogP contribution is 2.28. The van der Waals surface area contributed by atoms with Crippen molar-refractivity contribution in [3.05, 3.63) is 71.1 Å². The molecule has 1 fully saturated rings. The summed E-state index contributed by atoms with van der Waals surface area (Å²) < 4.78 is 1.14. The van der Waals surface area contributed by atoms with Gasteiger partial charge in [0.05, 0.1) is 4.88 Å². The molecule has 0 spiro atoms. The first-order valence-corrected chi connectivity index (χ1v) is 9.41. The van der Waals surface area contributed by atoms with E-state index in [1.54, 1.807) is 11.3 Å². The van der Waals surface area contributed by atoms with Gasteiger partial charge in [-0.3, -0.25) is 9.59 Å². The number of piperidine rings is 1. The number of benzene rings is 2. The summed E-state index contributed by atoms with van der Waals surface area (Å²) in [5.74, 6) is 0.315. The molecule has 1 aromatic heterocycles. The van der Waals surface area contributed by atoms with E-state index >= 15 is 0 Å². The summed E-state index contributed by atoms with van der Waals surface area (Å²) in [7, 11) is 0. The third-order valence-corrected chi connectivity index (χ3v) is 5.95. The second kappa shape index (κ2) is 6.81. The molecule has 2 aromatic carbocycles. The first kappa shape index (κ1) is 16.0. The number of hydrogen-bond donors (Lipinski definition) is 0. The number of likely N-dealkylation sites (tertiary alicyclic amines) is 1. The van der Waals surface area contributed by atoms with Gasteiger partial charge in [0.2, 0.25) is 0 Å². The molecule has 1 amide bonds. The summed E-state index contributed by atoms with van der Waals surface area (Å²) in [6.07, 6.45) is 1.48. The number of ketones is 1. The predicted molar refractivity (Wildman–Crippen MR) is 101 cm³/mol. The van der Waals surface area contributed by atoms with Gasteiger partial charge in [-0.2, -0.15) is 0 Å². The molecule has 0 unspecified atom stereocenters. The Bertz CT molecular complexity index is 875. The maximum Gasteiger partial charge on any atom is 0.263 e. The van der Waals surface area contributed by atoms with E-state index in [1.807, 2.05) is 65.6 Å². The number of nitrogens with zero attached hydrogens (tertiary/aromatic N) is 1. The standard InChI is InChI=1S/C21H19NO2S/c23-20(15-6-2-1-3-7-15)16-10-12-22(13-11-16)21(24)19-14-17-8-4-5-9-18(17)25-19/h1-9,14,16H,10-13H2. The van der Waals surface area contributed by atoms with Crippen LogP contribution in [0.4, 0.5) is 0 Å². The second-order valence-electron chi connectivity index (χ2n) is 6.45. The van der Waals surface area contributed by atoms with Crippen LogP contribution in [0.5, 0.6) is 0 Å². The van der Waals surface area contributed by atoms with Gasteiger partial charge in [0.1, 0.15) is 0 Å². The van der Waals surface area contributed by atoms with Gasteiger partial charge >= 0.3 is 0 Å². The number of carbonyl (C=O) groups excluding carboxylic acids is 2. The van der Waals surface area contributed by atoms with Crippen LogP contribution in [-0.2, 0) is 0 Å². The Morgan fingerprint density at radius 2 is 1.60 bits per heavy atom. The molecule has 25 heavy (non-hydrogen) atoms. The first-order chi connectivity index (χ1) is 12.2. The summed E-state index contributed by atoms with van der Waals surface area (Å²) >= 11 is 1.54. The summed E-state index contributed by atoms with van der Waals surface area (Å²) in [6, 6.07) is 19.5. The van der Waals surface area contributed by atoms with Crippen LogP contribution in [0.3, 0.4) is 0 Å². The van der Waals surface area contributed by atoms with E-state index in [-0.39, 0.29) is 17.6 Å². The molecule has 1 aliphatic rings. The molecule has 0 atom stereocenters. The van der Waals surface area contributed by atoms with Crippen molar-refractivity contribution >= 4 is 33.1 Å². The monoisotopic (exact) mass is 349 g/mol. The van der Waals surface area contributed by atoms with Crippen LogP contribution in [0, 0.1) is 5.92 Å². The minimum atomic E-state index is 0.0221. The molecule has 0 radical (unpaired) electrons. The topological polar surface area (TPSA) is 37.4 Å². The normalized spacial score (nSPS) is 15.4. The number of amides is 1. The van der Waals surface area contributed by atoms with Gasteiger partial charge in [-0.1, -0.05) is 48.5 Å². The first-order valence-electron chi connectivity index (χ1n) is 8.59. The van der Waals surface area contributed by atoms with E-state index in [4.69, 9.17) is 0 Å². The molecule has 4 heteroatoms. The molecule has 0 aliphatic carbocycles. The largest absolute Gasteiger partial charge is 0.338 e. The zero-order valence-electron chi connectivity index (χ0n) is 13.9. The smallest absolute Gasteiger partial charge is 0.263 e. The number of Topliss-reactive ketones (excluding diaryl/α,β-unsaturated/α-hetero) is 1. The van der Waals surface area contributed by atoms with Crippen LogP contribution >= 0.6 is 11.3 Å². The highest BCUT2D eigenvalue weighted by atomic mass is 32.1. The lowest BCUT2D eigenvalue weighted by Gasteiger charge is -2.31. The van der Waals surface area contributed by atoms with E-state index < -0.39 is 0 Å². The zero-order valence-corrected chi connectivity index (χ0v) is 14.7. The lowest BCUT2D eigenvalue weighted by atomic mass is 9.89. The van der Waals surface area contributed by atoms with Crippen molar-refractivity contribution < 1.29 is 9.59 Å². The van der Waals surface area contributed by atoms with Gasteiger partial charge < -0.3 is 4.90 Å². The summed E-state index contributed by atoms with van der Waals surface area (Å²) in [4.78, 5) is 28.0. The molecule has 0 N–H and O–H groups in total. The van der Waals surface area contributed by atoms with E-state index in [0.29, 0.717) is 13.1 Å². The molecule has 3 aromatic rings. The molecule has 3 nitrogen and oxygen atoms in total. The SMILES string of the molecule is O=C(c1ccccc1)C1CCN(C(=O)c2cc3ccccc3s2)CC1. The number of fused-ring (bicyclic) bond motifs is 1. The number of rotatable bonds is 3. The summed E-state index contributed by atoms with van der Waals surface area (Å²) in [6.45, 7) is 1.30. The summed E-state index contributed by atoms with van der Waals surface area (Å²) in [5.41, 5.74) is 0.775. The molecule has 2 heterocycles. The Morgan fingerprint density at radius 1 is 0.920 bits per heavy atom. The van der Waals surface area contributed by atoms with Crippen LogP contribution in [0.25, 0.3) is 10.1 Å². The molecular formula is C21H19NO2S. The van der Waals surface area contributed by atoms with Crippen LogP contribution < -0.4 is 0 Å². The van der Waals surface area contributed by atoms with Crippen molar-refractivity contribution in [2.45, 2.75) is 12.8 Å². The average molecular weight is 349 g/mol. The molecule has 0 bridgehead atoms. The highest BCUT2D eigenvalue weighted by Gasteiger charge is 2.28.